The fraction of sp³-hybridized carbons (Fsp3) is 0.625. The number of rotatable bonds is 11. The molecule has 0 aromatic heterocycles. The summed E-state index contributed by atoms with van der Waals surface area (Å²) in [5.41, 5.74) is 0.375. The Morgan fingerprint density at radius 3 is 2.20 bits per heavy atom. The van der Waals surface area contributed by atoms with E-state index in [9.17, 15) is 14.4 Å². The normalized spacial score (nSPS) is 19.2. The summed E-state index contributed by atoms with van der Waals surface area (Å²) < 4.78 is 0. The first-order valence-electron chi connectivity index (χ1n) is 11.2. The van der Waals surface area contributed by atoms with Crippen LogP contribution in [0.5, 0.6) is 0 Å². The van der Waals surface area contributed by atoms with Gasteiger partial charge in [0.1, 0.15) is 5.78 Å². The number of carbonyl (C=O) groups excluding carboxylic acids is 3. The Hall–Kier alpha value is -2.21. The van der Waals surface area contributed by atoms with Gasteiger partial charge < -0.3 is 9.80 Å². The summed E-state index contributed by atoms with van der Waals surface area (Å²) in [5.74, 6) is 0.152. The zero-order valence-corrected chi connectivity index (χ0v) is 19.1. The third kappa shape index (κ3) is 5.28. The van der Waals surface area contributed by atoms with E-state index < -0.39 is 5.54 Å². The number of carbonyl (C=O) groups is 3. The molecule has 1 aromatic rings. The zero-order chi connectivity index (χ0) is 22.3. The molecule has 6 nitrogen and oxygen atoms in total. The van der Waals surface area contributed by atoms with Crippen molar-refractivity contribution in [2.75, 3.05) is 13.1 Å². The Morgan fingerprint density at radius 2 is 1.70 bits per heavy atom. The minimum absolute atomic E-state index is 0.0263. The second-order valence-electron chi connectivity index (χ2n) is 8.15. The van der Waals surface area contributed by atoms with Gasteiger partial charge in [0.25, 0.3) is 0 Å². The Kier molecular flexibility index (Phi) is 8.59. The fourth-order valence-electron chi connectivity index (χ4n) is 4.52. The van der Waals surface area contributed by atoms with E-state index in [1.807, 2.05) is 62.9 Å². The first-order valence-corrected chi connectivity index (χ1v) is 11.2. The summed E-state index contributed by atoms with van der Waals surface area (Å²) in [4.78, 5) is 42.0. The Morgan fingerprint density at radius 1 is 1.10 bits per heavy atom. The van der Waals surface area contributed by atoms with Gasteiger partial charge in [0.2, 0.25) is 11.8 Å². The fourth-order valence-corrected chi connectivity index (χ4v) is 4.52. The zero-order valence-electron chi connectivity index (χ0n) is 19.1. The van der Waals surface area contributed by atoms with Gasteiger partial charge in [-0.05, 0) is 39.2 Å². The number of benzene rings is 1. The molecule has 0 radical (unpaired) electrons. The lowest BCUT2D eigenvalue weighted by Gasteiger charge is -2.37. The molecule has 6 heteroatoms. The molecule has 2 atom stereocenters. The van der Waals surface area contributed by atoms with Crippen LogP contribution in [0.4, 0.5) is 0 Å². The van der Waals surface area contributed by atoms with Crippen molar-refractivity contribution in [3.05, 3.63) is 35.9 Å². The van der Waals surface area contributed by atoms with Crippen molar-refractivity contribution in [1.29, 1.82) is 0 Å². The largest absolute Gasteiger partial charge is 0.343 e. The average Bonchev–Trinajstić information content (AvgIpc) is 3.01. The summed E-state index contributed by atoms with van der Waals surface area (Å²) >= 11 is 0. The number of nitrogens with zero attached hydrogens (tertiary/aromatic N) is 2. The van der Waals surface area contributed by atoms with Gasteiger partial charge in [-0.15, -0.1) is 0 Å². The van der Waals surface area contributed by atoms with E-state index in [2.05, 4.69) is 5.32 Å². The van der Waals surface area contributed by atoms with E-state index in [1.165, 1.54) is 0 Å². The summed E-state index contributed by atoms with van der Waals surface area (Å²) in [6, 6.07) is 9.34. The molecule has 0 aliphatic carbocycles. The Bertz CT molecular complexity index is 726. The van der Waals surface area contributed by atoms with Gasteiger partial charge in [0, 0.05) is 38.5 Å². The van der Waals surface area contributed by atoms with Crippen LogP contribution in [0.3, 0.4) is 0 Å². The van der Waals surface area contributed by atoms with Gasteiger partial charge in [-0.2, -0.15) is 0 Å². The van der Waals surface area contributed by atoms with Gasteiger partial charge in [-0.1, -0.05) is 44.2 Å². The summed E-state index contributed by atoms with van der Waals surface area (Å²) in [6.07, 6.45) is 1.87. The molecule has 0 bridgehead atoms. The van der Waals surface area contributed by atoms with Crippen LogP contribution >= 0.6 is 0 Å². The standard InChI is InChI=1S/C24H37N3O3/c1-6-24(7-2,18(5)28)25-20-15-23(30)27(17-19-13-11-10-12-14-19)21(20)16-22(29)26(8-3)9-4/h10-14,20-21,25H,6-9,15-17H2,1-5H3/t20-,21+/m0/s1. The molecule has 1 N–H and O–H groups in total. The Labute approximate surface area is 181 Å². The maximum absolute atomic E-state index is 13.0. The average molecular weight is 416 g/mol. The van der Waals surface area contributed by atoms with Gasteiger partial charge in [-0.3, -0.25) is 19.7 Å². The number of Topliss-reactive ketones (excluding diaryl/α,β-unsaturated/α-hetero) is 1. The Balaban J connectivity index is 2.33. The number of likely N-dealkylation sites (tertiary alicyclic amines) is 1. The van der Waals surface area contributed by atoms with Crippen LogP contribution in [0, 0.1) is 0 Å². The third-order valence-corrected chi connectivity index (χ3v) is 6.62. The molecule has 166 valence electrons. The SMILES string of the molecule is CCN(CC)C(=O)C[C@@H]1[C@@H](NC(CC)(CC)C(C)=O)CC(=O)N1Cc1ccccc1. The minimum atomic E-state index is -0.662. The molecule has 30 heavy (non-hydrogen) atoms. The number of hydrogen-bond donors (Lipinski definition) is 1. The molecular weight excluding hydrogens is 378 g/mol. The lowest BCUT2D eigenvalue weighted by molar-refractivity contribution is -0.134. The molecule has 1 aliphatic rings. The summed E-state index contributed by atoms with van der Waals surface area (Å²) in [5, 5.41) is 3.52. The highest BCUT2D eigenvalue weighted by molar-refractivity contribution is 5.87. The van der Waals surface area contributed by atoms with Crippen LogP contribution in [0.2, 0.25) is 0 Å². The van der Waals surface area contributed by atoms with E-state index >= 15 is 0 Å². The molecule has 1 saturated heterocycles. The van der Waals surface area contributed by atoms with Crippen LogP contribution in [0.15, 0.2) is 30.3 Å². The monoisotopic (exact) mass is 415 g/mol. The van der Waals surface area contributed by atoms with Crippen LogP contribution in [0.1, 0.15) is 65.9 Å². The van der Waals surface area contributed by atoms with Crippen molar-refractivity contribution in [2.24, 2.45) is 0 Å². The van der Waals surface area contributed by atoms with Crippen molar-refractivity contribution >= 4 is 17.6 Å². The minimum Gasteiger partial charge on any atom is -0.343 e. The predicted molar refractivity (Wildman–Crippen MR) is 119 cm³/mol. The molecule has 2 rings (SSSR count). The highest BCUT2D eigenvalue weighted by atomic mass is 16.2. The van der Waals surface area contributed by atoms with E-state index in [-0.39, 0.29) is 36.1 Å². The van der Waals surface area contributed by atoms with E-state index in [4.69, 9.17) is 0 Å². The van der Waals surface area contributed by atoms with E-state index in [0.717, 1.165) is 5.56 Å². The van der Waals surface area contributed by atoms with E-state index in [0.29, 0.717) is 38.9 Å². The first kappa shape index (κ1) is 24.1. The molecule has 1 fully saturated rings. The first-order chi connectivity index (χ1) is 14.3. The van der Waals surface area contributed by atoms with E-state index in [1.54, 1.807) is 11.8 Å². The highest BCUT2D eigenvalue weighted by Gasteiger charge is 2.45. The lowest BCUT2D eigenvalue weighted by atomic mass is 9.86. The van der Waals surface area contributed by atoms with Gasteiger partial charge in [0.05, 0.1) is 11.6 Å². The quantitative estimate of drug-likeness (QED) is 0.603. The molecule has 0 unspecified atom stereocenters. The van der Waals surface area contributed by atoms with Crippen molar-refractivity contribution in [2.45, 2.75) is 84.5 Å². The molecular formula is C24H37N3O3. The van der Waals surface area contributed by atoms with Crippen LogP contribution in [-0.2, 0) is 20.9 Å². The summed E-state index contributed by atoms with van der Waals surface area (Å²) in [6.45, 7) is 11.3. The maximum Gasteiger partial charge on any atom is 0.224 e. The van der Waals surface area contributed by atoms with Crippen LogP contribution < -0.4 is 5.32 Å². The van der Waals surface area contributed by atoms with Crippen molar-refractivity contribution in [3.8, 4) is 0 Å². The molecule has 1 aliphatic heterocycles. The molecule has 1 heterocycles. The molecule has 2 amide bonds. The van der Waals surface area contributed by atoms with Crippen molar-refractivity contribution < 1.29 is 14.4 Å². The summed E-state index contributed by atoms with van der Waals surface area (Å²) in [7, 11) is 0. The number of ketones is 1. The van der Waals surface area contributed by atoms with Gasteiger partial charge >= 0.3 is 0 Å². The smallest absolute Gasteiger partial charge is 0.224 e. The van der Waals surface area contributed by atoms with Gasteiger partial charge in [0.15, 0.2) is 0 Å². The number of amides is 2. The van der Waals surface area contributed by atoms with Crippen molar-refractivity contribution in [1.82, 2.24) is 15.1 Å². The molecule has 0 saturated carbocycles. The topological polar surface area (TPSA) is 69.7 Å². The predicted octanol–water partition coefficient (Wildman–Crippen LogP) is 3.15. The third-order valence-electron chi connectivity index (χ3n) is 6.62. The molecule has 1 aromatic carbocycles. The molecule has 0 spiro atoms. The lowest BCUT2D eigenvalue weighted by Crippen LogP contribution is -2.58. The van der Waals surface area contributed by atoms with Crippen molar-refractivity contribution in [3.63, 3.8) is 0 Å². The second kappa shape index (κ2) is 10.7. The maximum atomic E-state index is 13.0. The number of hydrogen-bond acceptors (Lipinski definition) is 4. The van der Waals surface area contributed by atoms with Gasteiger partial charge in [-0.25, -0.2) is 0 Å². The second-order valence-corrected chi connectivity index (χ2v) is 8.15. The van der Waals surface area contributed by atoms with Crippen LogP contribution in [-0.4, -0.2) is 58.1 Å². The van der Waals surface area contributed by atoms with Crippen LogP contribution in [0.25, 0.3) is 0 Å². The highest BCUT2D eigenvalue weighted by Crippen LogP contribution is 2.29. The number of nitrogens with one attached hydrogen (secondary N) is 1.